The molecule has 1 saturated heterocycles. The third-order valence-electron chi connectivity index (χ3n) is 4.23. The summed E-state index contributed by atoms with van der Waals surface area (Å²) >= 11 is 0. The molecule has 0 aromatic heterocycles. The summed E-state index contributed by atoms with van der Waals surface area (Å²) in [4.78, 5) is 0. The molecule has 2 rings (SSSR count). The molecule has 0 spiro atoms. The van der Waals surface area contributed by atoms with Gasteiger partial charge in [0.15, 0.2) is 0 Å². The second kappa shape index (κ2) is 5.93. The van der Waals surface area contributed by atoms with Crippen LogP contribution < -0.4 is 10.1 Å². The van der Waals surface area contributed by atoms with Crippen molar-refractivity contribution < 1.29 is 9.47 Å². The predicted molar refractivity (Wildman–Crippen MR) is 77.9 cm³/mol. The van der Waals surface area contributed by atoms with Crippen molar-refractivity contribution in [3.05, 3.63) is 29.3 Å². The molecule has 106 valence electrons. The summed E-state index contributed by atoms with van der Waals surface area (Å²) in [5.74, 6) is 1.45. The number of benzene rings is 1. The van der Waals surface area contributed by atoms with Gasteiger partial charge in [0.05, 0.1) is 7.11 Å². The van der Waals surface area contributed by atoms with Crippen molar-refractivity contribution in [3.8, 4) is 5.75 Å². The molecule has 0 aliphatic carbocycles. The maximum Gasteiger partial charge on any atom is 0.122 e. The number of hydrogen-bond acceptors (Lipinski definition) is 3. The van der Waals surface area contributed by atoms with Gasteiger partial charge in [-0.25, -0.2) is 0 Å². The van der Waals surface area contributed by atoms with E-state index in [9.17, 15) is 0 Å². The highest BCUT2D eigenvalue weighted by Gasteiger charge is 2.33. The maximum atomic E-state index is 5.51. The number of nitrogens with one attached hydrogen (secondary N) is 1. The third kappa shape index (κ3) is 2.77. The molecule has 0 amide bonds. The average Bonchev–Trinajstić information content (AvgIpc) is 2.47. The summed E-state index contributed by atoms with van der Waals surface area (Å²) in [6, 6.07) is 6.58. The van der Waals surface area contributed by atoms with Crippen LogP contribution in [0.2, 0.25) is 0 Å². The first kappa shape index (κ1) is 14.4. The molecule has 1 aromatic carbocycles. The van der Waals surface area contributed by atoms with Gasteiger partial charge in [-0.2, -0.15) is 0 Å². The molecule has 1 heterocycles. The molecular formula is C16H25NO2. The van der Waals surface area contributed by atoms with Crippen molar-refractivity contribution in [3.63, 3.8) is 0 Å². The minimum atomic E-state index is 0.0498. The highest BCUT2D eigenvalue weighted by atomic mass is 16.5. The van der Waals surface area contributed by atoms with Crippen LogP contribution in [0.15, 0.2) is 18.2 Å². The van der Waals surface area contributed by atoms with Gasteiger partial charge < -0.3 is 14.8 Å². The van der Waals surface area contributed by atoms with Gasteiger partial charge in [-0.05, 0) is 49.1 Å². The topological polar surface area (TPSA) is 30.5 Å². The third-order valence-corrected chi connectivity index (χ3v) is 4.23. The highest BCUT2D eigenvalue weighted by Crippen LogP contribution is 2.36. The Labute approximate surface area is 116 Å². The van der Waals surface area contributed by atoms with Crippen molar-refractivity contribution in [1.82, 2.24) is 5.32 Å². The van der Waals surface area contributed by atoms with Gasteiger partial charge >= 0.3 is 0 Å². The fourth-order valence-corrected chi connectivity index (χ4v) is 2.89. The summed E-state index contributed by atoms with van der Waals surface area (Å²) in [7, 11) is 3.79. The lowest BCUT2D eigenvalue weighted by Gasteiger charge is -2.38. The Bertz CT molecular complexity index is 423. The SMILES string of the molecule is CNC1(c2ccc(OC)c(C(C)C)c2)CCOCC1. The molecule has 0 unspecified atom stereocenters. The number of ether oxygens (including phenoxy) is 2. The lowest BCUT2D eigenvalue weighted by atomic mass is 9.81. The van der Waals surface area contributed by atoms with E-state index in [1.165, 1.54) is 11.1 Å². The van der Waals surface area contributed by atoms with Gasteiger partial charge in [-0.15, -0.1) is 0 Å². The lowest BCUT2D eigenvalue weighted by Crippen LogP contribution is -2.44. The zero-order valence-corrected chi connectivity index (χ0v) is 12.5. The molecular weight excluding hydrogens is 238 g/mol. The molecule has 1 aromatic rings. The predicted octanol–water partition coefficient (Wildman–Crippen LogP) is 3.04. The van der Waals surface area contributed by atoms with Gasteiger partial charge in [0.1, 0.15) is 5.75 Å². The van der Waals surface area contributed by atoms with Crippen LogP contribution in [0.4, 0.5) is 0 Å². The van der Waals surface area contributed by atoms with Gasteiger partial charge in [-0.1, -0.05) is 19.9 Å². The van der Waals surface area contributed by atoms with Crippen molar-refractivity contribution in [2.24, 2.45) is 0 Å². The monoisotopic (exact) mass is 263 g/mol. The fourth-order valence-electron chi connectivity index (χ4n) is 2.89. The molecule has 0 saturated carbocycles. The maximum absolute atomic E-state index is 5.51. The van der Waals surface area contributed by atoms with Crippen LogP contribution in [0.5, 0.6) is 5.75 Å². The second-order valence-electron chi connectivity index (χ2n) is 5.56. The van der Waals surface area contributed by atoms with Gasteiger partial charge in [0, 0.05) is 18.8 Å². The van der Waals surface area contributed by atoms with E-state index < -0.39 is 0 Å². The van der Waals surface area contributed by atoms with E-state index in [4.69, 9.17) is 9.47 Å². The van der Waals surface area contributed by atoms with Gasteiger partial charge in [0.2, 0.25) is 0 Å². The lowest BCUT2D eigenvalue weighted by molar-refractivity contribution is 0.0398. The van der Waals surface area contributed by atoms with Crippen molar-refractivity contribution >= 4 is 0 Å². The van der Waals surface area contributed by atoms with Crippen molar-refractivity contribution in [2.75, 3.05) is 27.4 Å². The highest BCUT2D eigenvalue weighted by molar-refractivity contribution is 5.42. The zero-order chi connectivity index (χ0) is 13.9. The standard InChI is InChI=1S/C16H25NO2/c1-12(2)14-11-13(5-6-15(14)18-4)16(17-3)7-9-19-10-8-16/h5-6,11-12,17H,7-10H2,1-4H3. The Morgan fingerprint density at radius 3 is 2.47 bits per heavy atom. The average molecular weight is 263 g/mol. The minimum Gasteiger partial charge on any atom is -0.496 e. The molecule has 0 atom stereocenters. The Morgan fingerprint density at radius 2 is 1.95 bits per heavy atom. The minimum absolute atomic E-state index is 0.0498. The van der Waals surface area contributed by atoms with E-state index in [0.29, 0.717) is 5.92 Å². The number of rotatable bonds is 4. The van der Waals surface area contributed by atoms with Crippen LogP contribution in [0, 0.1) is 0 Å². The van der Waals surface area contributed by atoms with E-state index in [1.54, 1.807) is 7.11 Å². The van der Waals surface area contributed by atoms with Crippen LogP contribution >= 0.6 is 0 Å². The Morgan fingerprint density at radius 1 is 1.26 bits per heavy atom. The summed E-state index contributed by atoms with van der Waals surface area (Å²) in [5.41, 5.74) is 2.68. The first-order valence-electron chi connectivity index (χ1n) is 7.08. The summed E-state index contributed by atoms with van der Waals surface area (Å²) < 4.78 is 11.0. The molecule has 1 N–H and O–H groups in total. The summed E-state index contributed by atoms with van der Waals surface area (Å²) in [6.07, 6.45) is 2.04. The van der Waals surface area contributed by atoms with Crippen LogP contribution in [-0.4, -0.2) is 27.4 Å². The van der Waals surface area contributed by atoms with Crippen LogP contribution in [0.25, 0.3) is 0 Å². The molecule has 0 radical (unpaired) electrons. The Hall–Kier alpha value is -1.06. The first-order chi connectivity index (χ1) is 9.13. The molecule has 1 fully saturated rings. The first-order valence-corrected chi connectivity index (χ1v) is 7.08. The van der Waals surface area contributed by atoms with Crippen LogP contribution in [0.1, 0.15) is 43.7 Å². The van der Waals surface area contributed by atoms with Gasteiger partial charge in [0.25, 0.3) is 0 Å². The molecule has 3 nitrogen and oxygen atoms in total. The normalized spacial score (nSPS) is 18.6. The van der Waals surface area contributed by atoms with Crippen molar-refractivity contribution in [2.45, 2.75) is 38.1 Å². The summed E-state index contributed by atoms with van der Waals surface area (Å²) in [6.45, 7) is 6.06. The molecule has 1 aliphatic rings. The van der Waals surface area contributed by atoms with E-state index in [-0.39, 0.29) is 5.54 Å². The van der Waals surface area contributed by atoms with Gasteiger partial charge in [-0.3, -0.25) is 0 Å². The molecule has 1 aliphatic heterocycles. The Balaban J connectivity index is 2.40. The second-order valence-corrected chi connectivity index (χ2v) is 5.56. The quantitative estimate of drug-likeness (QED) is 0.905. The number of methoxy groups -OCH3 is 1. The van der Waals surface area contributed by atoms with E-state index in [0.717, 1.165) is 31.8 Å². The van der Waals surface area contributed by atoms with Crippen LogP contribution in [-0.2, 0) is 10.3 Å². The summed E-state index contributed by atoms with van der Waals surface area (Å²) in [5, 5.41) is 3.52. The molecule has 0 bridgehead atoms. The van der Waals surface area contributed by atoms with E-state index >= 15 is 0 Å². The van der Waals surface area contributed by atoms with E-state index in [1.807, 2.05) is 7.05 Å². The fraction of sp³-hybridized carbons (Fsp3) is 0.625. The Kier molecular flexibility index (Phi) is 4.48. The zero-order valence-electron chi connectivity index (χ0n) is 12.5. The number of hydrogen-bond donors (Lipinski definition) is 1. The molecule has 19 heavy (non-hydrogen) atoms. The largest absolute Gasteiger partial charge is 0.496 e. The molecule has 3 heteroatoms. The van der Waals surface area contributed by atoms with E-state index in [2.05, 4.69) is 37.4 Å². The van der Waals surface area contributed by atoms with Crippen LogP contribution in [0.3, 0.4) is 0 Å². The van der Waals surface area contributed by atoms with Crippen molar-refractivity contribution in [1.29, 1.82) is 0 Å². The smallest absolute Gasteiger partial charge is 0.122 e.